The quantitative estimate of drug-likeness (QED) is 0.179. The summed E-state index contributed by atoms with van der Waals surface area (Å²) in [7, 11) is 0. The monoisotopic (exact) mass is 516 g/mol. The van der Waals surface area contributed by atoms with Crippen molar-refractivity contribution in [2.75, 3.05) is 26.2 Å². The molecule has 1 unspecified atom stereocenters. The maximum absolute atomic E-state index is 12.0. The molecule has 0 radical (unpaired) electrons. The van der Waals surface area contributed by atoms with Crippen LogP contribution < -0.4 is 16.0 Å². The lowest BCUT2D eigenvalue weighted by Gasteiger charge is -2.21. The normalized spacial score (nSPS) is 13.2. The van der Waals surface area contributed by atoms with Crippen molar-refractivity contribution in [3.05, 3.63) is 58.3 Å². The summed E-state index contributed by atoms with van der Waals surface area (Å²) in [5, 5.41) is 23.7. The van der Waals surface area contributed by atoms with Crippen LogP contribution in [0.1, 0.15) is 36.2 Å². The Morgan fingerprint density at radius 1 is 1.14 bits per heavy atom. The molecule has 0 aliphatic carbocycles. The van der Waals surface area contributed by atoms with Gasteiger partial charge in [0.2, 0.25) is 0 Å². The molecule has 0 aliphatic rings. The molecule has 0 aliphatic heterocycles. The Bertz CT molecular complexity index is 721. The van der Waals surface area contributed by atoms with Crippen LogP contribution in [0.3, 0.4) is 0 Å². The van der Waals surface area contributed by atoms with E-state index >= 15 is 0 Å². The number of aliphatic imine (C=N–C) groups is 1. The minimum Gasteiger partial charge on any atom is -0.383 e. The maximum Gasteiger partial charge on any atom is 0.251 e. The van der Waals surface area contributed by atoms with E-state index in [0.717, 1.165) is 18.5 Å². The molecule has 2 aromatic rings. The molecule has 0 fully saturated rings. The van der Waals surface area contributed by atoms with Gasteiger partial charge in [-0.2, -0.15) is 11.3 Å². The molecule has 8 heteroatoms. The number of carbonyl (C=O) groups is 1. The van der Waals surface area contributed by atoms with Gasteiger partial charge in [-0.3, -0.25) is 4.79 Å². The minimum absolute atomic E-state index is 0. The summed E-state index contributed by atoms with van der Waals surface area (Å²) in [5.41, 5.74) is 0.540. The first-order valence-corrected chi connectivity index (χ1v) is 10.1. The highest BCUT2D eigenvalue weighted by molar-refractivity contribution is 14.0. The largest absolute Gasteiger partial charge is 0.383 e. The van der Waals surface area contributed by atoms with Gasteiger partial charge in [0.1, 0.15) is 5.60 Å². The number of nitrogens with one attached hydrogen (secondary N) is 3. The van der Waals surface area contributed by atoms with Crippen LogP contribution in [0, 0.1) is 0 Å². The summed E-state index contributed by atoms with van der Waals surface area (Å²) in [4.78, 5) is 16.5. The Labute approximate surface area is 187 Å². The maximum atomic E-state index is 12.0. The van der Waals surface area contributed by atoms with Crippen molar-refractivity contribution >= 4 is 47.2 Å². The number of nitrogens with zero attached hydrogens (tertiary/aromatic N) is 1. The first-order chi connectivity index (χ1) is 13.0. The fraction of sp³-hybridized carbons (Fsp3) is 0.400. The van der Waals surface area contributed by atoms with Gasteiger partial charge >= 0.3 is 0 Å². The highest BCUT2D eigenvalue weighted by Gasteiger charge is 2.23. The third kappa shape index (κ3) is 8.15. The van der Waals surface area contributed by atoms with Crippen molar-refractivity contribution in [1.82, 2.24) is 16.0 Å². The summed E-state index contributed by atoms with van der Waals surface area (Å²) in [5.74, 6) is 0.588. The van der Waals surface area contributed by atoms with Gasteiger partial charge in [0.15, 0.2) is 5.96 Å². The molecule has 1 heterocycles. The van der Waals surface area contributed by atoms with Crippen LogP contribution in [0.15, 0.2) is 52.2 Å². The van der Waals surface area contributed by atoms with E-state index in [4.69, 9.17) is 0 Å². The Kier molecular flexibility index (Phi) is 11.1. The molecule has 0 spiro atoms. The number of amides is 1. The average Bonchev–Trinajstić information content (AvgIpc) is 3.22. The van der Waals surface area contributed by atoms with Gasteiger partial charge in [-0.15, -0.1) is 24.0 Å². The standard InChI is InChI=1S/C20H28N4O2S.HI/c1-3-21-19(24-15-20(2,26)17-10-13-27-14-17)23-12-7-11-22-18(25)16-8-5-4-6-9-16;/h4-6,8-10,13-14,26H,3,7,11-12,15H2,1-2H3,(H,22,25)(H2,21,23,24);1H. The molecule has 0 bridgehead atoms. The number of aliphatic hydroxyl groups is 1. The van der Waals surface area contributed by atoms with E-state index in [-0.39, 0.29) is 36.4 Å². The van der Waals surface area contributed by atoms with E-state index < -0.39 is 5.60 Å². The first kappa shape index (κ1) is 24.4. The van der Waals surface area contributed by atoms with Crippen LogP contribution in [-0.2, 0) is 5.60 Å². The summed E-state index contributed by atoms with van der Waals surface area (Å²) in [6, 6.07) is 11.1. The second-order valence-electron chi connectivity index (χ2n) is 6.38. The Morgan fingerprint density at radius 2 is 1.86 bits per heavy atom. The second kappa shape index (κ2) is 12.7. The number of halogens is 1. The van der Waals surface area contributed by atoms with Crippen molar-refractivity contribution in [1.29, 1.82) is 0 Å². The van der Waals surface area contributed by atoms with Gasteiger partial charge in [-0.05, 0) is 54.8 Å². The number of hydrogen-bond acceptors (Lipinski definition) is 4. The van der Waals surface area contributed by atoms with Crippen molar-refractivity contribution in [3.63, 3.8) is 0 Å². The lowest BCUT2D eigenvalue weighted by Crippen LogP contribution is -2.40. The fourth-order valence-corrected chi connectivity index (χ4v) is 3.21. The SMILES string of the molecule is CCNC(=NCC(C)(O)c1ccsc1)NCCCNC(=O)c1ccccc1.I. The number of carbonyl (C=O) groups excluding carboxylic acids is 1. The highest BCUT2D eigenvalue weighted by atomic mass is 127. The van der Waals surface area contributed by atoms with Crippen LogP contribution in [0.25, 0.3) is 0 Å². The van der Waals surface area contributed by atoms with Crippen LogP contribution in [0.2, 0.25) is 0 Å². The van der Waals surface area contributed by atoms with Gasteiger partial charge in [0, 0.05) is 25.2 Å². The highest BCUT2D eigenvalue weighted by Crippen LogP contribution is 2.23. The molecule has 1 amide bonds. The molecule has 154 valence electrons. The Balaban J connectivity index is 0.00000392. The third-order valence-corrected chi connectivity index (χ3v) is 4.68. The predicted molar refractivity (Wildman–Crippen MR) is 127 cm³/mol. The van der Waals surface area contributed by atoms with Gasteiger partial charge < -0.3 is 21.1 Å². The summed E-state index contributed by atoms with van der Waals surface area (Å²) >= 11 is 1.56. The Morgan fingerprint density at radius 3 is 2.50 bits per heavy atom. The van der Waals surface area contributed by atoms with Gasteiger partial charge in [-0.25, -0.2) is 4.99 Å². The molecule has 0 saturated heterocycles. The summed E-state index contributed by atoms with van der Waals surface area (Å²) in [6.45, 7) is 6.00. The topological polar surface area (TPSA) is 85.8 Å². The van der Waals surface area contributed by atoms with Crippen LogP contribution in [0.5, 0.6) is 0 Å². The third-order valence-electron chi connectivity index (χ3n) is 4.00. The Hall–Kier alpha value is -1.65. The van der Waals surface area contributed by atoms with Crippen molar-refractivity contribution in [2.45, 2.75) is 25.9 Å². The number of guanidine groups is 1. The lowest BCUT2D eigenvalue weighted by atomic mass is 10.00. The van der Waals surface area contributed by atoms with E-state index in [0.29, 0.717) is 24.6 Å². The van der Waals surface area contributed by atoms with Crippen molar-refractivity contribution in [2.24, 2.45) is 4.99 Å². The zero-order valence-electron chi connectivity index (χ0n) is 16.3. The second-order valence-corrected chi connectivity index (χ2v) is 7.16. The van der Waals surface area contributed by atoms with Crippen molar-refractivity contribution < 1.29 is 9.90 Å². The van der Waals surface area contributed by atoms with E-state index in [9.17, 15) is 9.90 Å². The van der Waals surface area contributed by atoms with Gasteiger partial charge in [-0.1, -0.05) is 18.2 Å². The van der Waals surface area contributed by atoms with E-state index in [2.05, 4.69) is 20.9 Å². The lowest BCUT2D eigenvalue weighted by molar-refractivity contribution is 0.0677. The molecular weight excluding hydrogens is 487 g/mol. The molecule has 1 aromatic carbocycles. The number of hydrogen-bond donors (Lipinski definition) is 4. The van der Waals surface area contributed by atoms with Gasteiger partial charge in [0.25, 0.3) is 5.91 Å². The molecule has 1 atom stereocenters. The first-order valence-electron chi connectivity index (χ1n) is 9.13. The zero-order valence-corrected chi connectivity index (χ0v) is 19.4. The molecule has 4 N–H and O–H groups in total. The summed E-state index contributed by atoms with van der Waals surface area (Å²) in [6.07, 6.45) is 0.768. The predicted octanol–water partition coefficient (Wildman–Crippen LogP) is 2.95. The van der Waals surface area contributed by atoms with E-state index in [1.807, 2.05) is 41.9 Å². The van der Waals surface area contributed by atoms with Crippen LogP contribution >= 0.6 is 35.3 Å². The molecule has 1 aromatic heterocycles. The number of rotatable bonds is 9. The number of benzene rings is 1. The van der Waals surface area contributed by atoms with E-state index in [1.165, 1.54) is 0 Å². The molecule has 2 rings (SSSR count). The van der Waals surface area contributed by atoms with Crippen molar-refractivity contribution in [3.8, 4) is 0 Å². The van der Waals surface area contributed by atoms with Gasteiger partial charge in [0.05, 0.1) is 6.54 Å². The molecule has 28 heavy (non-hydrogen) atoms. The van der Waals surface area contributed by atoms with E-state index in [1.54, 1.807) is 30.4 Å². The molecule has 6 nitrogen and oxygen atoms in total. The van der Waals surface area contributed by atoms with Crippen LogP contribution in [-0.4, -0.2) is 43.2 Å². The smallest absolute Gasteiger partial charge is 0.251 e. The number of thiophene rings is 1. The van der Waals surface area contributed by atoms with Crippen LogP contribution in [0.4, 0.5) is 0 Å². The fourth-order valence-electron chi connectivity index (χ4n) is 2.43. The average molecular weight is 516 g/mol. The summed E-state index contributed by atoms with van der Waals surface area (Å²) < 4.78 is 0. The zero-order chi connectivity index (χ0) is 19.5. The molecular formula is C20H29IN4O2S. The minimum atomic E-state index is -0.994. The molecule has 0 saturated carbocycles.